The molecule has 1 aromatic carbocycles. The quantitative estimate of drug-likeness (QED) is 0.551. The van der Waals surface area contributed by atoms with Crippen molar-refractivity contribution < 1.29 is 9.21 Å². The summed E-state index contributed by atoms with van der Waals surface area (Å²) in [5.41, 5.74) is 3.18. The summed E-state index contributed by atoms with van der Waals surface area (Å²) in [7, 11) is 0. The Bertz CT molecular complexity index is 1130. The molecule has 0 saturated carbocycles. The minimum atomic E-state index is 0.0270. The second kappa shape index (κ2) is 9.81. The Labute approximate surface area is 193 Å². The molecule has 1 fully saturated rings. The predicted octanol–water partition coefficient (Wildman–Crippen LogP) is 3.52. The highest BCUT2D eigenvalue weighted by Gasteiger charge is 2.21. The highest BCUT2D eigenvalue weighted by Crippen LogP contribution is 2.20. The largest absolute Gasteiger partial charge is 0.461 e. The summed E-state index contributed by atoms with van der Waals surface area (Å²) >= 11 is 5.65. The predicted molar refractivity (Wildman–Crippen MR) is 127 cm³/mol. The van der Waals surface area contributed by atoms with Gasteiger partial charge in [0.15, 0.2) is 16.4 Å². The molecule has 0 aliphatic carbocycles. The van der Waals surface area contributed by atoms with Crippen LogP contribution in [0.3, 0.4) is 0 Å². The minimum Gasteiger partial charge on any atom is -0.461 e. The Morgan fingerprint density at radius 1 is 1.12 bits per heavy atom. The van der Waals surface area contributed by atoms with Gasteiger partial charge in [0.2, 0.25) is 5.91 Å². The van der Waals surface area contributed by atoms with Crippen LogP contribution in [0.4, 0.5) is 5.69 Å². The first kappa shape index (κ1) is 22.4. The van der Waals surface area contributed by atoms with Gasteiger partial charge in [0, 0.05) is 38.4 Å². The van der Waals surface area contributed by atoms with Crippen LogP contribution in [0, 0.1) is 18.6 Å². The van der Waals surface area contributed by atoms with Crippen molar-refractivity contribution in [3.05, 3.63) is 52.5 Å². The van der Waals surface area contributed by atoms with Crippen LogP contribution in [0.2, 0.25) is 0 Å². The van der Waals surface area contributed by atoms with Gasteiger partial charge in [-0.25, -0.2) is 4.68 Å². The Balaban J connectivity index is 1.32. The van der Waals surface area contributed by atoms with Crippen molar-refractivity contribution >= 4 is 23.8 Å². The van der Waals surface area contributed by atoms with E-state index in [-0.39, 0.29) is 5.91 Å². The van der Waals surface area contributed by atoms with Gasteiger partial charge in [-0.05, 0) is 62.3 Å². The van der Waals surface area contributed by atoms with Crippen LogP contribution in [0.1, 0.15) is 18.1 Å². The van der Waals surface area contributed by atoms with Crippen molar-refractivity contribution in [1.29, 1.82) is 0 Å². The van der Waals surface area contributed by atoms with E-state index in [1.165, 1.54) is 5.56 Å². The third kappa shape index (κ3) is 4.85. The van der Waals surface area contributed by atoms with Crippen molar-refractivity contribution in [3.8, 4) is 11.6 Å². The normalized spacial score (nSPS) is 15.2. The number of hydrogen-bond acceptors (Lipinski definition) is 6. The number of carbonyl (C=O) groups excluding carboxylic acids is 1. The molecule has 0 bridgehead atoms. The molecule has 8 nitrogen and oxygen atoms in total. The van der Waals surface area contributed by atoms with E-state index < -0.39 is 0 Å². The number of furan rings is 1. The van der Waals surface area contributed by atoms with Gasteiger partial charge in [-0.1, -0.05) is 12.1 Å². The zero-order chi connectivity index (χ0) is 22.7. The lowest BCUT2D eigenvalue weighted by molar-refractivity contribution is -0.117. The SMILES string of the molecule is CCn1c(-c2ccco2)nn(CN2CCN(CC(=O)Nc3cccc(C)c3C)CC2)c1=S. The Morgan fingerprint density at radius 3 is 2.56 bits per heavy atom. The maximum Gasteiger partial charge on any atom is 0.238 e. The maximum absolute atomic E-state index is 12.5. The monoisotopic (exact) mass is 454 g/mol. The van der Waals surface area contributed by atoms with Crippen LogP contribution in [-0.2, 0) is 18.0 Å². The van der Waals surface area contributed by atoms with Gasteiger partial charge in [-0.2, -0.15) is 0 Å². The maximum atomic E-state index is 12.5. The number of piperazine rings is 1. The number of aryl methyl sites for hydroxylation is 1. The summed E-state index contributed by atoms with van der Waals surface area (Å²) < 4.78 is 10.1. The lowest BCUT2D eigenvalue weighted by Gasteiger charge is -2.34. The number of carbonyl (C=O) groups is 1. The van der Waals surface area contributed by atoms with E-state index in [1.54, 1.807) is 6.26 Å². The van der Waals surface area contributed by atoms with Gasteiger partial charge in [-0.15, -0.1) is 5.10 Å². The number of nitrogens with zero attached hydrogens (tertiary/aromatic N) is 5. The summed E-state index contributed by atoms with van der Waals surface area (Å²) in [6.45, 7) is 11.3. The molecule has 0 radical (unpaired) electrons. The zero-order valence-electron chi connectivity index (χ0n) is 18.9. The first-order valence-electron chi connectivity index (χ1n) is 11.0. The number of hydrogen-bond donors (Lipinski definition) is 1. The van der Waals surface area contributed by atoms with Crippen molar-refractivity contribution in [1.82, 2.24) is 24.1 Å². The van der Waals surface area contributed by atoms with E-state index in [9.17, 15) is 4.79 Å². The lowest BCUT2D eigenvalue weighted by Crippen LogP contribution is -2.49. The average molecular weight is 455 g/mol. The Kier molecular flexibility index (Phi) is 6.88. The number of anilines is 1. The summed E-state index contributed by atoms with van der Waals surface area (Å²) in [6, 6.07) is 9.73. The van der Waals surface area contributed by atoms with Gasteiger partial charge >= 0.3 is 0 Å². The highest BCUT2D eigenvalue weighted by molar-refractivity contribution is 7.71. The average Bonchev–Trinajstić information content (AvgIpc) is 3.41. The van der Waals surface area contributed by atoms with Gasteiger partial charge in [-0.3, -0.25) is 19.2 Å². The fraction of sp³-hybridized carbons (Fsp3) is 0.435. The number of nitrogens with one attached hydrogen (secondary N) is 1. The molecule has 3 heterocycles. The lowest BCUT2D eigenvalue weighted by atomic mass is 10.1. The molecule has 9 heteroatoms. The molecular formula is C23H30N6O2S. The van der Waals surface area contributed by atoms with Crippen LogP contribution in [0.15, 0.2) is 41.0 Å². The van der Waals surface area contributed by atoms with E-state index in [4.69, 9.17) is 21.7 Å². The van der Waals surface area contributed by atoms with Crippen LogP contribution in [0.5, 0.6) is 0 Å². The molecular weight excluding hydrogens is 424 g/mol. The molecule has 1 amide bonds. The molecule has 170 valence electrons. The molecule has 4 rings (SSSR count). The van der Waals surface area contributed by atoms with Crippen molar-refractivity contribution in [3.63, 3.8) is 0 Å². The van der Waals surface area contributed by atoms with Crippen LogP contribution < -0.4 is 5.32 Å². The molecule has 0 spiro atoms. The van der Waals surface area contributed by atoms with Gasteiger partial charge in [0.25, 0.3) is 0 Å². The molecule has 1 N–H and O–H groups in total. The third-order valence-electron chi connectivity index (χ3n) is 6.03. The fourth-order valence-corrected chi connectivity index (χ4v) is 4.28. The molecule has 1 aliphatic heterocycles. The summed E-state index contributed by atoms with van der Waals surface area (Å²) in [6.07, 6.45) is 1.65. The van der Waals surface area contributed by atoms with Crippen molar-refractivity contribution in [2.24, 2.45) is 0 Å². The number of aromatic nitrogens is 3. The second-order valence-electron chi connectivity index (χ2n) is 8.16. The summed E-state index contributed by atoms with van der Waals surface area (Å²) in [5.74, 6) is 1.50. The van der Waals surface area contributed by atoms with E-state index in [1.807, 2.05) is 40.4 Å². The first-order chi connectivity index (χ1) is 15.5. The summed E-state index contributed by atoms with van der Waals surface area (Å²) in [4.78, 5) is 17.0. The molecule has 1 aliphatic rings. The number of amides is 1. The molecule has 1 saturated heterocycles. The van der Waals surface area contributed by atoms with E-state index in [0.717, 1.165) is 55.6 Å². The molecule has 3 aromatic rings. The topological polar surface area (TPSA) is 71.5 Å². The fourth-order valence-electron chi connectivity index (χ4n) is 3.96. The molecule has 0 unspecified atom stereocenters. The third-order valence-corrected chi connectivity index (χ3v) is 6.46. The standard InChI is InChI=1S/C23H30N6O2S/c1-4-28-22(20-9-6-14-31-20)25-29(23(28)32)16-27-12-10-26(11-13-27)15-21(30)24-19-8-5-7-17(2)18(19)3/h5-9,14H,4,10-13,15-16H2,1-3H3,(H,24,30). The van der Waals surface area contributed by atoms with Crippen LogP contribution in [0.25, 0.3) is 11.6 Å². The van der Waals surface area contributed by atoms with E-state index in [2.05, 4.69) is 35.0 Å². The Hall–Kier alpha value is -2.75. The van der Waals surface area contributed by atoms with Crippen molar-refractivity contribution in [2.45, 2.75) is 34.0 Å². The molecule has 2 aromatic heterocycles. The van der Waals surface area contributed by atoms with Crippen molar-refractivity contribution in [2.75, 3.05) is 38.0 Å². The Morgan fingerprint density at radius 2 is 1.88 bits per heavy atom. The first-order valence-corrected chi connectivity index (χ1v) is 11.4. The highest BCUT2D eigenvalue weighted by atomic mass is 32.1. The van der Waals surface area contributed by atoms with Crippen LogP contribution in [-0.4, -0.2) is 62.8 Å². The molecule has 32 heavy (non-hydrogen) atoms. The van der Waals surface area contributed by atoms with Gasteiger partial charge < -0.3 is 9.73 Å². The van der Waals surface area contributed by atoms with Gasteiger partial charge in [0.1, 0.15) is 0 Å². The second-order valence-corrected chi connectivity index (χ2v) is 8.52. The smallest absolute Gasteiger partial charge is 0.238 e. The zero-order valence-corrected chi connectivity index (χ0v) is 19.7. The molecule has 0 atom stereocenters. The minimum absolute atomic E-state index is 0.0270. The van der Waals surface area contributed by atoms with Crippen LogP contribution >= 0.6 is 12.2 Å². The van der Waals surface area contributed by atoms with Gasteiger partial charge in [0.05, 0.1) is 19.5 Å². The van der Waals surface area contributed by atoms with E-state index >= 15 is 0 Å². The summed E-state index contributed by atoms with van der Waals surface area (Å²) in [5, 5.41) is 7.76. The number of rotatable bonds is 7. The number of benzene rings is 1. The van der Waals surface area contributed by atoms with E-state index in [0.29, 0.717) is 18.0 Å².